The molecule has 0 unspecified atom stereocenters. The third kappa shape index (κ3) is 4.69. The second kappa shape index (κ2) is 7.38. The number of ether oxygens (including phenoxy) is 1. The number of rotatable bonds is 5. The highest BCUT2D eigenvalue weighted by Gasteiger charge is 2.06. The molecule has 0 radical (unpaired) electrons. The van der Waals surface area contributed by atoms with Crippen molar-refractivity contribution in [3.63, 3.8) is 0 Å². The Morgan fingerprint density at radius 2 is 1.48 bits per heavy atom. The first-order valence-electron chi connectivity index (χ1n) is 6.68. The van der Waals surface area contributed by atoms with E-state index in [0.717, 1.165) is 17.6 Å². The van der Waals surface area contributed by atoms with Crippen LogP contribution in [0.15, 0.2) is 53.0 Å². The molecule has 0 atom stereocenters. The lowest BCUT2D eigenvalue weighted by molar-refractivity contribution is 0.0600. The fourth-order valence-electron chi connectivity index (χ4n) is 2.13. The van der Waals surface area contributed by atoms with E-state index < -0.39 is 0 Å². The number of esters is 1. The number of hydrogen-bond acceptors (Lipinski definition) is 3. The fraction of sp³-hybridized carbons (Fsp3) is 0.235. The van der Waals surface area contributed by atoms with Crippen LogP contribution in [0.4, 0.5) is 0 Å². The number of nitrogens with zero attached hydrogens (tertiary/aromatic N) is 1. The Morgan fingerprint density at radius 1 is 1.00 bits per heavy atom. The molecule has 3 nitrogen and oxygen atoms in total. The van der Waals surface area contributed by atoms with Gasteiger partial charge in [0.05, 0.1) is 12.7 Å². The SMILES string of the molecule is COC(=O)c1ccc(CN(C)Cc2ccc(Br)cc2)cc1. The summed E-state index contributed by atoms with van der Waals surface area (Å²) in [6.07, 6.45) is 0. The fourth-order valence-corrected chi connectivity index (χ4v) is 2.40. The molecule has 2 aromatic rings. The summed E-state index contributed by atoms with van der Waals surface area (Å²) in [6.45, 7) is 1.71. The molecule has 21 heavy (non-hydrogen) atoms. The van der Waals surface area contributed by atoms with Crippen molar-refractivity contribution < 1.29 is 9.53 Å². The molecule has 4 heteroatoms. The Balaban J connectivity index is 1.94. The largest absolute Gasteiger partial charge is 0.465 e. The Morgan fingerprint density at radius 3 is 1.95 bits per heavy atom. The monoisotopic (exact) mass is 347 g/mol. The maximum absolute atomic E-state index is 11.4. The van der Waals surface area contributed by atoms with Crippen molar-refractivity contribution in [2.24, 2.45) is 0 Å². The highest BCUT2D eigenvalue weighted by molar-refractivity contribution is 9.10. The molecule has 0 bridgehead atoms. The van der Waals surface area contributed by atoms with Gasteiger partial charge in [-0.15, -0.1) is 0 Å². The number of benzene rings is 2. The van der Waals surface area contributed by atoms with Gasteiger partial charge in [-0.3, -0.25) is 4.90 Å². The average Bonchev–Trinajstić information content (AvgIpc) is 2.49. The zero-order valence-electron chi connectivity index (χ0n) is 12.2. The van der Waals surface area contributed by atoms with Crippen LogP contribution in [0.25, 0.3) is 0 Å². The van der Waals surface area contributed by atoms with E-state index in [2.05, 4.69) is 40.0 Å². The van der Waals surface area contributed by atoms with Crippen molar-refractivity contribution in [2.75, 3.05) is 14.2 Å². The van der Waals surface area contributed by atoms with Crippen LogP contribution in [0.3, 0.4) is 0 Å². The zero-order valence-corrected chi connectivity index (χ0v) is 13.8. The molecule has 0 heterocycles. The van der Waals surface area contributed by atoms with Crippen LogP contribution in [0.1, 0.15) is 21.5 Å². The van der Waals surface area contributed by atoms with Gasteiger partial charge in [-0.05, 0) is 42.4 Å². The van der Waals surface area contributed by atoms with E-state index in [0.29, 0.717) is 5.56 Å². The van der Waals surface area contributed by atoms with Gasteiger partial charge >= 0.3 is 5.97 Å². The van der Waals surface area contributed by atoms with Gasteiger partial charge in [-0.2, -0.15) is 0 Å². The lowest BCUT2D eigenvalue weighted by Gasteiger charge is -2.17. The number of carbonyl (C=O) groups excluding carboxylic acids is 1. The molecule has 2 aromatic carbocycles. The Bertz CT molecular complexity index is 593. The average molecular weight is 348 g/mol. The van der Waals surface area contributed by atoms with Gasteiger partial charge in [0.1, 0.15) is 0 Å². The van der Waals surface area contributed by atoms with Gasteiger partial charge in [0.15, 0.2) is 0 Å². The minimum absolute atomic E-state index is 0.301. The minimum Gasteiger partial charge on any atom is -0.465 e. The van der Waals surface area contributed by atoms with Gasteiger partial charge < -0.3 is 4.74 Å². The third-order valence-electron chi connectivity index (χ3n) is 3.19. The van der Waals surface area contributed by atoms with Crippen molar-refractivity contribution in [1.29, 1.82) is 0 Å². The van der Waals surface area contributed by atoms with E-state index in [1.165, 1.54) is 18.2 Å². The predicted octanol–water partition coefficient (Wildman–Crippen LogP) is 3.87. The van der Waals surface area contributed by atoms with E-state index in [-0.39, 0.29) is 5.97 Å². The van der Waals surface area contributed by atoms with E-state index >= 15 is 0 Å². The molecule has 0 N–H and O–H groups in total. The second-order valence-electron chi connectivity index (χ2n) is 4.99. The Labute approximate surface area is 133 Å². The Hall–Kier alpha value is -1.65. The molecule has 0 aliphatic heterocycles. The van der Waals surface area contributed by atoms with E-state index in [1.807, 2.05) is 24.3 Å². The van der Waals surface area contributed by atoms with E-state index in [1.54, 1.807) is 12.1 Å². The summed E-state index contributed by atoms with van der Waals surface area (Å²) in [6, 6.07) is 15.8. The molecule has 0 amide bonds. The first-order valence-corrected chi connectivity index (χ1v) is 7.48. The summed E-state index contributed by atoms with van der Waals surface area (Å²) in [7, 11) is 3.47. The Kier molecular flexibility index (Phi) is 5.53. The van der Waals surface area contributed by atoms with Crippen LogP contribution in [0, 0.1) is 0 Å². The van der Waals surface area contributed by atoms with Crippen LogP contribution >= 0.6 is 15.9 Å². The summed E-state index contributed by atoms with van der Waals surface area (Å²) in [4.78, 5) is 13.6. The van der Waals surface area contributed by atoms with Crippen molar-refractivity contribution in [3.8, 4) is 0 Å². The maximum Gasteiger partial charge on any atom is 0.337 e. The minimum atomic E-state index is -0.301. The summed E-state index contributed by atoms with van der Waals surface area (Å²) in [5.41, 5.74) is 3.02. The van der Waals surface area contributed by atoms with Crippen LogP contribution in [-0.4, -0.2) is 25.0 Å². The van der Waals surface area contributed by atoms with Gasteiger partial charge in [0, 0.05) is 17.6 Å². The van der Waals surface area contributed by atoms with Crippen LogP contribution < -0.4 is 0 Å². The molecule has 110 valence electrons. The molecule has 0 aliphatic carbocycles. The molecule has 0 saturated heterocycles. The number of carbonyl (C=O) groups is 1. The van der Waals surface area contributed by atoms with E-state index in [9.17, 15) is 4.79 Å². The van der Waals surface area contributed by atoms with Crippen LogP contribution in [0.5, 0.6) is 0 Å². The number of methoxy groups -OCH3 is 1. The van der Waals surface area contributed by atoms with Gasteiger partial charge in [-0.1, -0.05) is 40.2 Å². The quantitative estimate of drug-likeness (QED) is 0.769. The maximum atomic E-state index is 11.4. The van der Waals surface area contributed by atoms with Crippen molar-refractivity contribution in [3.05, 3.63) is 69.7 Å². The van der Waals surface area contributed by atoms with Gasteiger partial charge in [0.2, 0.25) is 0 Å². The first kappa shape index (κ1) is 15.7. The highest BCUT2D eigenvalue weighted by atomic mass is 79.9. The molecule has 2 rings (SSSR count). The van der Waals surface area contributed by atoms with Crippen molar-refractivity contribution in [2.45, 2.75) is 13.1 Å². The van der Waals surface area contributed by atoms with Crippen molar-refractivity contribution in [1.82, 2.24) is 4.90 Å². The number of halogens is 1. The van der Waals surface area contributed by atoms with Crippen molar-refractivity contribution >= 4 is 21.9 Å². The molecule has 0 saturated carbocycles. The highest BCUT2D eigenvalue weighted by Crippen LogP contribution is 2.13. The molecular formula is C17H18BrNO2. The summed E-state index contributed by atoms with van der Waals surface area (Å²) < 4.78 is 5.78. The van der Waals surface area contributed by atoms with E-state index in [4.69, 9.17) is 4.74 Å². The zero-order chi connectivity index (χ0) is 15.2. The summed E-state index contributed by atoms with van der Waals surface area (Å²) >= 11 is 3.44. The standard InChI is InChI=1S/C17H18BrNO2/c1-19(12-14-5-9-16(18)10-6-14)11-13-3-7-15(8-4-13)17(20)21-2/h3-10H,11-12H2,1-2H3. The summed E-state index contributed by atoms with van der Waals surface area (Å²) in [5.74, 6) is -0.301. The topological polar surface area (TPSA) is 29.5 Å². The summed E-state index contributed by atoms with van der Waals surface area (Å²) in [5, 5.41) is 0. The smallest absolute Gasteiger partial charge is 0.337 e. The molecular weight excluding hydrogens is 330 g/mol. The third-order valence-corrected chi connectivity index (χ3v) is 3.72. The van der Waals surface area contributed by atoms with Crippen LogP contribution in [0.2, 0.25) is 0 Å². The van der Waals surface area contributed by atoms with Gasteiger partial charge in [0.25, 0.3) is 0 Å². The first-order chi connectivity index (χ1) is 10.1. The predicted molar refractivity (Wildman–Crippen MR) is 87.1 cm³/mol. The van der Waals surface area contributed by atoms with Gasteiger partial charge in [-0.25, -0.2) is 4.79 Å². The lowest BCUT2D eigenvalue weighted by atomic mass is 10.1. The number of hydrogen-bond donors (Lipinski definition) is 0. The lowest BCUT2D eigenvalue weighted by Crippen LogP contribution is -2.17. The second-order valence-corrected chi connectivity index (χ2v) is 5.90. The molecule has 0 fully saturated rings. The molecule has 0 spiro atoms. The molecule has 0 aromatic heterocycles. The van der Waals surface area contributed by atoms with Crippen LogP contribution in [-0.2, 0) is 17.8 Å². The molecule has 0 aliphatic rings. The normalized spacial score (nSPS) is 10.7.